The largest absolute Gasteiger partial charge is 0.297 e. The lowest BCUT2D eigenvalue weighted by atomic mass is 9.92. The number of carbonyl (C=O) groups is 1. The van der Waals surface area contributed by atoms with E-state index in [9.17, 15) is 4.79 Å². The standard InChI is InChI=1S/C15H20Br2O/c1-9(2)13(16)15(18)14(17)11(4)12-7-5-10(3)6-8-12/h5-9,11,13-14H,1-4H3. The lowest BCUT2D eigenvalue weighted by Crippen LogP contribution is -2.31. The minimum atomic E-state index is -0.146. The molecule has 1 aromatic rings. The summed E-state index contributed by atoms with van der Waals surface area (Å²) in [5.74, 6) is 0.706. The van der Waals surface area contributed by atoms with Crippen molar-refractivity contribution in [3.05, 3.63) is 35.4 Å². The summed E-state index contributed by atoms with van der Waals surface area (Å²) in [5.41, 5.74) is 2.43. The van der Waals surface area contributed by atoms with Crippen LogP contribution in [0.5, 0.6) is 0 Å². The second-order valence-electron chi connectivity index (χ2n) is 5.15. The maximum Gasteiger partial charge on any atom is 0.160 e. The molecule has 0 aliphatic heterocycles. The fourth-order valence-corrected chi connectivity index (χ4v) is 3.00. The van der Waals surface area contributed by atoms with Gasteiger partial charge in [0, 0.05) is 5.92 Å². The second kappa shape index (κ2) is 6.85. The average Bonchev–Trinajstić information content (AvgIpc) is 2.36. The summed E-state index contributed by atoms with van der Waals surface area (Å²) in [5, 5.41) is 0. The number of rotatable bonds is 5. The molecule has 18 heavy (non-hydrogen) atoms. The first-order valence-electron chi connectivity index (χ1n) is 6.23. The number of halogens is 2. The molecule has 0 aliphatic rings. The van der Waals surface area contributed by atoms with E-state index in [4.69, 9.17) is 0 Å². The van der Waals surface area contributed by atoms with Crippen molar-refractivity contribution in [2.24, 2.45) is 5.92 Å². The van der Waals surface area contributed by atoms with Gasteiger partial charge in [-0.1, -0.05) is 82.5 Å². The van der Waals surface area contributed by atoms with Gasteiger partial charge in [-0.3, -0.25) is 4.79 Å². The van der Waals surface area contributed by atoms with Gasteiger partial charge in [0.15, 0.2) is 5.78 Å². The first-order chi connectivity index (χ1) is 8.34. The molecule has 0 heterocycles. The number of hydrogen-bond donors (Lipinski definition) is 0. The Balaban J connectivity index is 2.80. The van der Waals surface area contributed by atoms with Crippen molar-refractivity contribution in [2.75, 3.05) is 0 Å². The van der Waals surface area contributed by atoms with Crippen LogP contribution in [0.1, 0.15) is 37.8 Å². The summed E-state index contributed by atoms with van der Waals surface area (Å²) >= 11 is 7.03. The Hall–Kier alpha value is -0.150. The quantitative estimate of drug-likeness (QED) is 0.672. The van der Waals surface area contributed by atoms with E-state index in [2.05, 4.69) is 70.0 Å². The first kappa shape index (κ1) is 15.9. The monoisotopic (exact) mass is 374 g/mol. The number of aryl methyl sites for hydroxylation is 1. The molecule has 1 aromatic carbocycles. The van der Waals surface area contributed by atoms with Crippen molar-refractivity contribution in [1.82, 2.24) is 0 Å². The minimum Gasteiger partial charge on any atom is -0.297 e. The summed E-state index contributed by atoms with van der Waals surface area (Å²) in [6, 6.07) is 8.37. The Kier molecular flexibility index (Phi) is 6.06. The summed E-state index contributed by atoms with van der Waals surface area (Å²) in [4.78, 5) is 12.0. The topological polar surface area (TPSA) is 17.1 Å². The van der Waals surface area contributed by atoms with E-state index in [0.717, 1.165) is 0 Å². The highest BCUT2D eigenvalue weighted by molar-refractivity contribution is 9.10. The van der Waals surface area contributed by atoms with E-state index < -0.39 is 0 Å². The predicted octanol–water partition coefficient (Wildman–Crippen LogP) is 4.85. The molecule has 3 unspecified atom stereocenters. The van der Waals surface area contributed by atoms with Crippen molar-refractivity contribution >= 4 is 37.6 Å². The maximum absolute atomic E-state index is 12.3. The maximum atomic E-state index is 12.3. The summed E-state index contributed by atoms with van der Waals surface area (Å²) in [6.45, 7) is 8.25. The van der Waals surface area contributed by atoms with Crippen molar-refractivity contribution in [3.63, 3.8) is 0 Å². The molecular weight excluding hydrogens is 356 g/mol. The number of carbonyl (C=O) groups excluding carboxylic acids is 1. The van der Waals surface area contributed by atoms with Gasteiger partial charge in [-0.15, -0.1) is 0 Å². The smallest absolute Gasteiger partial charge is 0.160 e. The Morgan fingerprint density at radius 3 is 1.94 bits per heavy atom. The van der Waals surface area contributed by atoms with Gasteiger partial charge in [-0.25, -0.2) is 0 Å². The van der Waals surface area contributed by atoms with Gasteiger partial charge in [-0.2, -0.15) is 0 Å². The first-order valence-corrected chi connectivity index (χ1v) is 8.06. The molecule has 0 bridgehead atoms. The van der Waals surface area contributed by atoms with Crippen molar-refractivity contribution < 1.29 is 4.79 Å². The van der Waals surface area contributed by atoms with Gasteiger partial charge in [0.05, 0.1) is 9.65 Å². The third-order valence-corrected chi connectivity index (χ3v) is 5.92. The van der Waals surface area contributed by atoms with Crippen LogP contribution >= 0.6 is 31.9 Å². The van der Waals surface area contributed by atoms with Crippen LogP contribution in [0.25, 0.3) is 0 Å². The van der Waals surface area contributed by atoms with E-state index in [1.54, 1.807) is 0 Å². The normalized spacial score (nSPS) is 16.4. The number of ketones is 1. The molecule has 1 nitrogen and oxygen atoms in total. The fourth-order valence-electron chi connectivity index (χ4n) is 1.77. The minimum absolute atomic E-state index is 0.0882. The van der Waals surface area contributed by atoms with Crippen molar-refractivity contribution in [1.29, 1.82) is 0 Å². The molecule has 0 radical (unpaired) electrons. The number of benzene rings is 1. The third-order valence-electron chi connectivity index (χ3n) is 3.17. The Bertz CT molecular complexity index is 397. The summed E-state index contributed by atoms with van der Waals surface area (Å²) in [6.07, 6.45) is 0. The number of hydrogen-bond acceptors (Lipinski definition) is 1. The molecule has 0 amide bonds. The van der Waals surface area contributed by atoms with E-state index in [0.29, 0.717) is 5.92 Å². The van der Waals surface area contributed by atoms with Gasteiger partial charge < -0.3 is 0 Å². The third kappa shape index (κ3) is 3.92. The highest BCUT2D eigenvalue weighted by atomic mass is 79.9. The van der Waals surface area contributed by atoms with E-state index in [1.165, 1.54) is 11.1 Å². The van der Waals surface area contributed by atoms with E-state index in [1.807, 2.05) is 13.8 Å². The number of alkyl halides is 2. The molecule has 3 heteroatoms. The molecule has 100 valence electrons. The number of Topliss-reactive ketones (excluding diaryl/α,β-unsaturated/α-hetero) is 1. The molecule has 0 spiro atoms. The van der Waals surface area contributed by atoms with E-state index in [-0.39, 0.29) is 21.4 Å². The average molecular weight is 376 g/mol. The molecule has 0 aliphatic carbocycles. The molecule has 0 N–H and O–H groups in total. The van der Waals surface area contributed by atoms with Crippen LogP contribution in [-0.2, 0) is 4.79 Å². The Morgan fingerprint density at radius 2 is 1.50 bits per heavy atom. The highest BCUT2D eigenvalue weighted by Crippen LogP contribution is 2.29. The van der Waals surface area contributed by atoms with Crippen LogP contribution in [-0.4, -0.2) is 15.4 Å². The SMILES string of the molecule is Cc1ccc(C(C)C(Br)C(=O)C(Br)C(C)C)cc1. The van der Waals surface area contributed by atoms with Crippen LogP contribution in [0.4, 0.5) is 0 Å². The van der Waals surface area contributed by atoms with Crippen LogP contribution < -0.4 is 0 Å². The van der Waals surface area contributed by atoms with Crippen LogP contribution in [0.15, 0.2) is 24.3 Å². The Labute approximate surface area is 127 Å². The van der Waals surface area contributed by atoms with Crippen LogP contribution in [0.3, 0.4) is 0 Å². The summed E-state index contributed by atoms with van der Waals surface area (Å²) < 4.78 is 0. The van der Waals surface area contributed by atoms with Gasteiger partial charge >= 0.3 is 0 Å². The molecule has 1 rings (SSSR count). The Morgan fingerprint density at radius 1 is 1.00 bits per heavy atom. The molecular formula is C15H20Br2O. The van der Waals surface area contributed by atoms with Gasteiger partial charge in [0.25, 0.3) is 0 Å². The summed E-state index contributed by atoms with van der Waals surface area (Å²) in [7, 11) is 0. The lowest BCUT2D eigenvalue weighted by Gasteiger charge is -2.22. The lowest BCUT2D eigenvalue weighted by molar-refractivity contribution is -0.118. The zero-order valence-corrected chi connectivity index (χ0v) is 14.5. The molecule has 0 saturated heterocycles. The van der Waals surface area contributed by atoms with Crippen LogP contribution in [0, 0.1) is 12.8 Å². The van der Waals surface area contributed by atoms with Gasteiger partial charge in [0.1, 0.15) is 0 Å². The molecule has 3 atom stereocenters. The predicted molar refractivity (Wildman–Crippen MR) is 84.9 cm³/mol. The van der Waals surface area contributed by atoms with Crippen molar-refractivity contribution in [2.45, 2.75) is 43.3 Å². The van der Waals surface area contributed by atoms with Crippen molar-refractivity contribution in [3.8, 4) is 0 Å². The van der Waals surface area contributed by atoms with Gasteiger partial charge in [-0.05, 0) is 18.4 Å². The van der Waals surface area contributed by atoms with E-state index >= 15 is 0 Å². The highest BCUT2D eigenvalue weighted by Gasteiger charge is 2.29. The molecule has 0 saturated carbocycles. The zero-order valence-electron chi connectivity index (χ0n) is 11.3. The zero-order chi connectivity index (χ0) is 13.9. The fraction of sp³-hybridized carbons (Fsp3) is 0.533. The van der Waals surface area contributed by atoms with Crippen LogP contribution in [0.2, 0.25) is 0 Å². The van der Waals surface area contributed by atoms with Gasteiger partial charge in [0.2, 0.25) is 0 Å². The molecule has 0 fully saturated rings. The molecule has 0 aromatic heterocycles. The second-order valence-corrected chi connectivity index (χ2v) is 7.12.